The van der Waals surface area contributed by atoms with Crippen molar-refractivity contribution in [3.05, 3.63) is 65.6 Å². The van der Waals surface area contributed by atoms with Gasteiger partial charge in [-0.2, -0.15) is 0 Å². The molecule has 7 atom stereocenters. The lowest BCUT2D eigenvalue weighted by Crippen LogP contribution is -2.61. The first-order valence-electron chi connectivity index (χ1n) is 15.3. The van der Waals surface area contributed by atoms with Gasteiger partial charge in [0.15, 0.2) is 0 Å². The number of nitrogens with one attached hydrogen (secondary N) is 1. The number of benzene rings is 1. The van der Waals surface area contributed by atoms with Gasteiger partial charge >= 0.3 is 5.97 Å². The highest BCUT2D eigenvalue weighted by atomic mass is 16.6. The Hall–Kier alpha value is -3.40. The molecular weight excluding hydrogens is 546 g/mol. The summed E-state index contributed by atoms with van der Waals surface area (Å²) in [5, 5.41) is 35.6. The summed E-state index contributed by atoms with van der Waals surface area (Å²) in [5.41, 5.74) is 0.812. The Balaban J connectivity index is 1.36. The Morgan fingerprint density at radius 1 is 1.19 bits per heavy atom. The van der Waals surface area contributed by atoms with Crippen LogP contribution in [0.1, 0.15) is 51.5 Å². The lowest BCUT2D eigenvalue weighted by molar-refractivity contribution is -0.177. The molecule has 4 unspecified atom stereocenters. The van der Waals surface area contributed by atoms with Crippen molar-refractivity contribution in [1.29, 1.82) is 0 Å². The zero-order chi connectivity index (χ0) is 30.6. The molecule has 3 heterocycles. The predicted molar refractivity (Wildman–Crippen MR) is 164 cm³/mol. The first kappa shape index (κ1) is 29.7. The number of carbonyl (C=O) groups excluding carboxylic acids is 1. The molecule has 3 fully saturated rings. The summed E-state index contributed by atoms with van der Waals surface area (Å²) in [7, 11) is 3.81. The summed E-state index contributed by atoms with van der Waals surface area (Å²) >= 11 is 0. The molecular formula is C34H43N3O6. The van der Waals surface area contributed by atoms with Crippen LogP contribution in [0.5, 0.6) is 5.75 Å². The van der Waals surface area contributed by atoms with Crippen LogP contribution < -0.4 is 10.2 Å². The second-order valence-corrected chi connectivity index (χ2v) is 13.5. The standard InChI is InChI=1S/C34H43N3O6/c1-32-12-11-29(40)33(2,19-38)27(32)10-13-34(20-42-34)28(32)18-25(36-30-7-5-6-14-35-30)24-17-23(43-31(24)41)15-21-8-9-22(37(3)4)16-26(21)39/h5-9,14-17,25,27-29,38-40H,10-13,18-20H2,1-4H3,(H,35,36)/b23-15+/t25?,27?,28?,29-,32+,33+,34?/m1/s1. The Labute approximate surface area is 253 Å². The molecule has 0 radical (unpaired) electrons. The van der Waals surface area contributed by atoms with Crippen LogP contribution in [0, 0.1) is 22.7 Å². The number of ether oxygens (including phenoxy) is 2. The number of hydrogen-bond acceptors (Lipinski definition) is 9. The number of aromatic nitrogens is 1. The van der Waals surface area contributed by atoms with Crippen molar-refractivity contribution >= 4 is 23.6 Å². The van der Waals surface area contributed by atoms with Gasteiger partial charge in [0, 0.05) is 43.0 Å². The number of aliphatic hydroxyl groups excluding tert-OH is 2. The number of cyclic esters (lactones) is 1. The number of rotatable bonds is 8. The Bertz CT molecular complexity index is 1440. The average Bonchev–Trinajstić information content (AvgIpc) is 3.66. The maximum Gasteiger partial charge on any atom is 0.341 e. The molecule has 2 aliphatic heterocycles. The van der Waals surface area contributed by atoms with Gasteiger partial charge in [0.1, 0.15) is 17.3 Å². The van der Waals surface area contributed by atoms with Crippen molar-refractivity contribution in [3.8, 4) is 5.75 Å². The van der Waals surface area contributed by atoms with Crippen LogP contribution in [-0.4, -0.2) is 71.3 Å². The number of epoxide rings is 1. The van der Waals surface area contributed by atoms with Crippen molar-refractivity contribution in [2.45, 2.75) is 63.7 Å². The van der Waals surface area contributed by atoms with E-state index in [0.717, 1.165) is 24.9 Å². The molecule has 0 bridgehead atoms. The van der Waals surface area contributed by atoms with Crippen LogP contribution in [0.2, 0.25) is 0 Å². The molecule has 2 aliphatic carbocycles. The fourth-order valence-electron chi connectivity index (χ4n) is 8.25. The van der Waals surface area contributed by atoms with Crippen LogP contribution in [0.25, 0.3) is 6.08 Å². The van der Waals surface area contributed by atoms with E-state index in [9.17, 15) is 20.1 Å². The SMILES string of the molecule is CN(C)c1ccc(/C=C2\C=C(C(CC3C4(CCC5[C@]3(C)CC[C@@H](O)[C@@]5(C)CO)CO4)Nc3ccccn3)C(=O)O2)c(O)c1. The largest absolute Gasteiger partial charge is 0.507 e. The summed E-state index contributed by atoms with van der Waals surface area (Å²) in [5.74, 6) is 0.851. The average molecular weight is 590 g/mol. The Morgan fingerprint density at radius 2 is 1.98 bits per heavy atom. The monoisotopic (exact) mass is 589 g/mol. The minimum atomic E-state index is -0.600. The summed E-state index contributed by atoms with van der Waals surface area (Å²) in [4.78, 5) is 19.8. The molecule has 230 valence electrons. The topological polar surface area (TPSA) is 128 Å². The van der Waals surface area contributed by atoms with Crippen molar-refractivity contribution in [3.63, 3.8) is 0 Å². The van der Waals surface area contributed by atoms with Crippen LogP contribution in [0.15, 0.2) is 60.0 Å². The highest BCUT2D eigenvalue weighted by molar-refractivity contribution is 5.95. The molecule has 43 heavy (non-hydrogen) atoms. The van der Waals surface area contributed by atoms with Gasteiger partial charge in [-0.1, -0.05) is 19.9 Å². The molecule has 1 spiro atoms. The highest BCUT2D eigenvalue weighted by Crippen LogP contribution is 2.66. The predicted octanol–water partition coefficient (Wildman–Crippen LogP) is 4.50. The Morgan fingerprint density at radius 3 is 2.63 bits per heavy atom. The summed E-state index contributed by atoms with van der Waals surface area (Å²) in [6, 6.07) is 10.6. The quantitative estimate of drug-likeness (QED) is 0.260. The third-order valence-electron chi connectivity index (χ3n) is 10.9. The zero-order valence-electron chi connectivity index (χ0n) is 25.4. The molecule has 0 amide bonds. The maximum atomic E-state index is 13.5. The van der Waals surface area contributed by atoms with Gasteiger partial charge in [0.25, 0.3) is 0 Å². The second-order valence-electron chi connectivity index (χ2n) is 13.5. The first-order valence-corrected chi connectivity index (χ1v) is 15.3. The number of nitrogens with zero attached hydrogens (tertiary/aromatic N) is 2. The third-order valence-corrected chi connectivity index (χ3v) is 10.9. The van der Waals surface area contributed by atoms with Crippen molar-refractivity contribution in [1.82, 2.24) is 4.98 Å². The molecule has 9 heteroatoms. The van der Waals surface area contributed by atoms with Gasteiger partial charge in [-0.15, -0.1) is 0 Å². The number of hydrogen-bond donors (Lipinski definition) is 4. The number of aliphatic hydroxyl groups is 2. The molecule has 6 rings (SSSR count). The zero-order valence-corrected chi connectivity index (χ0v) is 25.4. The molecule has 2 aromatic rings. The van der Waals surface area contributed by atoms with E-state index in [2.05, 4.69) is 17.2 Å². The number of pyridine rings is 1. The van der Waals surface area contributed by atoms with Crippen molar-refractivity contribution in [2.75, 3.05) is 37.5 Å². The highest BCUT2D eigenvalue weighted by Gasteiger charge is 2.67. The molecule has 4 aliphatic rings. The van der Waals surface area contributed by atoms with Gasteiger partial charge in [0.2, 0.25) is 0 Å². The van der Waals surface area contributed by atoms with Gasteiger partial charge in [-0.25, -0.2) is 9.78 Å². The van der Waals surface area contributed by atoms with Gasteiger partial charge in [0.05, 0.1) is 36.5 Å². The van der Waals surface area contributed by atoms with E-state index < -0.39 is 23.5 Å². The molecule has 2 saturated carbocycles. The summed E-state index contributed by atoms with van der Waals surface area (Å²) in [6.45, 7) is 4.90. The smallest absolute Gasteiger partial charge is 0.341 e. The maximum absolute atomic E-state index is 13.5. The van der Waals surface area contributed by atoms with Gasteiger partial charge in [-0.3, -0.25) is 0 Å². The van der Waals surface area contributed by atoms with Crippen molar-refractivity contribution < 1.29 is 29.6 Å². The second kappa shape index (κ2) is 10.9. The minimum absolute atomic E-state index is 0.0708. The lowest BCUT2D eigenvalue weighted by Gasteiger charge is -2.61. The number of anilines is 2. The van der Waals surface area contributed by atoms with E-state index in [1.165, 1.54) is 0 Å². The number of allylic oxidation sites excluding steroid dienone is 1. The number of aromatic hydroxyl groups is 1. The number of phenolic OH excluding ortho intramolecular Hbond substituents is 1. The number of carbonyl (C=O) groups is 1. The molecule has 1 aromatic heterocycles. The fraction of sp³-hybridized carbons (Fsp3) is 0.529. The first-order chi connectivity index (χ1) is 20.5. The van der Waals surface area contributed by atoms with E-state index in [1.807, 2.05) is 50.2 Å². The van der Waals surface area contributed by atoms with Crippen LogP contribution in [0.3, 0.4) is 0 Å². The minimum Gasteiger partial charge on any atom is -0.507 e. The molecule has 9 nitrogen and oxygen atoms in total. The van der Waals surface area contributed by atoms with E-state index in [0.29, 0.717) is 42.2 Å². The van der Waals surface area contributed by atoms with Crippen LogP contribution in [0.4, 0.5) is 11.5 Å². The van der Waals surface area contributed by atoms with Crippen LogP contribution >= 0.6 is 0 Å². The van der Waals surface area contributed by atoms with E-state index in [1.54, 1.807) is 30.5 Å². The molecule has 1 aromatic carbocycles. The summed E-state index contributed by atoms with van der Waals surface area (Å²) in [6.07, 6.45) is 8.35. The van der Waals surface area contributed by atoms with E-state index >= 15 is 0 Å². The third kappa shape index (κ3) is 5.21. The van der Waals surface area contributed by atoms with Gasteiger partial charge < -0.3 is 35.0 Å². The normalized spacial score (nSPS) is 34.8. The van der Waals surface area contributed by atoms with E-state index in [-0.39, 0.29) is 35.2 Å². The Kier molecular flexibility index (Phi) is 7.55. The number of esters is 1. The molecule has 4 N–H and O–H groups in total. The number of fused-ring (bicyclic) bond motifs is 1. The molecule has 1 saturated heterocycles. The fourth-order valence-corrected chi connectivity index (χ4v) is 8.25. The number of phenols is 1. The summed E-state index contributed by atoms with van der Waals surface area (Å²) < 4.78 is 12.0. The lowest BCUT2D eigenvalue weighted by atomic mass is 9.44. The van der Waals surface area contributed by atoms with E-state index in [4.69, 9.17) is 9.47 Å². The van der Waals surface area contributed by atoms with Gasteiger partial charge in [-0.05, 0) is 85.8 Å². The van der Waals surface area contributed by atoms with Crippen molar-refractivity contribution in [2.24, 2.45) is 22.7 Å². The van der Waals surface area contributed by atoms with Crippen LogP contribution in [-0.2, 0) is 14.3 Å².